The van der Waals surface area contributed by atoms with Gasteiger partial charge in [0.25, 0.3) is 11.7 Å². The SMILES string of the molecule is O=C(c1ccccc1SC(F)F)N1CCCC(Cc2nc(C3CC3)no2)C1. The number of aromatic nitrogens is 2. The molecule has 144 valence electrons. The van der Waals surface area contributed by atoms with Gasteiger partial charge in [-0.05, 0) is 43.7 Å². The number of halogens is 2. The van der Waals surface area contributed by atoms with Crippen molar-refractivity contribution in [1.29, 1.82) is 0 Å². The number of piperidine rings is 1. The molecule has 1 saturated heterocycles. The van der Waals surface area contributed by atoms with Gasteiger partial charge < -0.3 is 9.42 Å². The summed E-state index contributed by atoms with van der Waals surface area (Å²) in [7, 11) is 0. The number of likely N-dealkylation sites (tertiary alicyclic amines) is 1. The second-order valence-electron chi connectivity index (χ2n) is 7.16. The molecule has 1 aliphatic heterocycles. The fraction of sp³-hybridized carbons (Fsp3) is 0.526. The number of carbonyl (C=O) groups is 1. The topological polar surface area (TPSA) is 59.2 Å². The number of alkyl halides is 2. The maximum absolute atomic E-state index is 12.9. The van der Waals surface area contributed by atoms with Crippen LogP contribution in [-0.4, -0.2) is 39.8 Å². The van der Waals surface area contributed by atoms with E-state index in [0.717, 1.165) is 31.5 Å². The fourth-order valence-corrected chi connectivity index (χ4v) is 4.17. The third-order valence-electron chi connectivity index (χ3n) is 5.03. The van der Waals surface area contributed by atoms with Gasteiger partial charge in [0.15, 0.2) is 5.82 Å². The molecule has 8 heteroatoms. The number of carbonyl (C=O) groups excluding carboxylic acids is 1. The van der Waals surface area contributed by atoms with Gasteiger partial charge in [-0.2, -0.15) is 13.8 Å². The van der Waals surface area contributed by atoms with E-state index in [9.17, 15) is 13.6 Å². The number of benzene rings is 1. The minimum atomic E-state index is -2.55. The molecule has 0 spiro atoms. The second-order valence-corrected chi connectivity index (χ2v) is 8.19. The van der Waals surface area contributed by atoms with Crippen LogP contribution < -0.4 is 0 Å². The lowest BCUT2D eigenvalue weighted by atomic mass is 9.94. The first kappa shape index (κ1) is 18.4. The second kappa shape index (κ2) is 7.96. The van der Waals surface area contributed by atoms with Gasteiger partial charge in [-0.15, -0.1) is 0 Å². The van der Waals surface area contributed by atoms with Crippen LogP contribution in [0.5, 0.6) is 0 Å². The predicted molar refractivity (Wildman–Crippen MR) is 96.9 cm³/mol. The summed E-state index contributed by atoms with van der Waals surface area (Å²) in [4.78, 5) is 19.5. The Kier molecular flexibility index (Phi) is 5.43. The standard InChI is InChI=1S/C19H21F2N3O2S/c20-19(21)27-15-6-2-1-5-14(15)18(25)24-9-3-4-12(11-24)10-16-22-17(23-26-16)13-7-8-13/h1-2,5-6,12-13,19H,3-4,7-11H2. The summed E-state index contributed by atoms with van der Waals surface area (Å²) in [5.41, 5.74) is 0.345. The van der Waals surface area contributed by atoms with Crippen LogP contribution in [0.4, 0.5) is 8.78 Å². The average molecular weight is 393 g/mol. The number of rotatable bonds is 6. The van der Waals surface area contributed by atoms with Crippen LogP contribution in [0.2, 0.25) is 0 Å². The molecular weight excluding hydrogens is 372 g/mol. The summed E-state index contributed by atoms with van der Waals surface area (Å²) in [5.74, 6) is -0.615. The Hall–Kier alpha value is -1.96. The van der Waals surface area contributed by atoms with Gasteiger partial charge in [-0.1, -0.05) is 29.1 Å². The Morgan fingerprint density at radius 3 is 2.89 bits per heavy atom. The smallest absolute Gasteiger partial charge is 0.288 e. The molecule has 2 fully saturated rings. The third-order valence-corrected chi connectivity index (χ3v) is 5.82. The molecule has 1 unspecified atom stereocenters. The highest BCUT2D eigenvalue weighted by atomic mass is 32.2. The van der Waals surface area contributed by atoms with Gasteiger partial charge in [0, 0.05) is 30.3 Å². The lowest BCUT2D eigenvalue weighted by Gasteiger charge is -2.32. The number of hydrogen-bond donors (Lipinski definition) is 0. The van der Waals surface area contributed by atoms with Gasteiger partial charge in [0.2, 0.25) is 5.89 Å². The van der Waals surface area contributed by atoms with Crippen molar-refractivity contribution >= 4 is 17.7 Å². The summed E-state index contributed by atoms with van der Waals surface area (Å²) in [6, 6.07) is 6.58. The highest BCUT2D eigenvalue weighted by molar-refractivity contribution is 7.99. The molecule has 1 aliphatic carbocycles. The zero-order valence-electron chi connectivity index (χ0n) is 14.8. The number of amides is 1. The molecule has 5 nitrogen and oxygen atoms in total. The largest absolute Gasteiger partial charge is 0.339 e. The maximum Gasteiger partial charge on any atom is 0.288 e. The van der Waals surface area contributed by atoms with Crippen molar-refractivity contribution in [2.45, 2.75) is 48.7 Å². The molecular formula is C19H21F2N3O2S. The van der Waals surface area contributed by atoms with E-state index >= 15 is 0 Å². The van der Waals surface area contributed by atoms with Gasteiger partial charge in [0.05, 0.1) is 5.56 Å². The summed E-state index contributed by atoms with van der Waals surface area (Å²) >= 11 is 0.418. The Morgan fingerprint density at radius 2 is 2.11 bits per heavy atom. The Balaban J connectivity index is 1.42. The molecule has 1 aromatic heterocycles. The molecule has 2 aliphatic rings. The molecule has 1 saturated carbocycles. The molecule has 4 rings (SSSR count). The van der Waals surface area contributed by atoms with Crippen molar-refractivity contribution in [3.05, 3.63) is 41.5 Å². The van der Waals surface area contributed by atoms with E-state index in [2.05, 4.69) is 10.1 Å². The molecule has 0 radical (unpaired) electrons. The summed E-state index contributed by atoms with van der Waals surface area (Å²) in [5, 5.41) is 4.04. The van der Waals surface area contributed by atoms with Crippen LogP contribution in [0.25, 0.3) is 0 Å². The van der Waals surface area contributed by atoms with Gasteiger partial charge >= 0.3 is 0 Å². The van der Waals surface area contributed by atoms with E-state index in [4.69, 9.17) is 4.52 Å². The Labute approximate surface area is 160 Å². The zero-order valence-corrected chi connectivity index (χ0v) is 15.6. The van der Waals surface area contributed by atoms with Crippen LogP contribution >= 0.6 is 11.8 Å². The summed E-state index contributed by atoms with van der Waals surface area (Å²) in [6.07, 6.45) is 4.76. The fourth-order valence-electron chi connectivity index (χ4n) is 3.53. The molecule has 2 aromatic rings. The average Bonchev–Trinajstić information content (AvgIpc) is 3.41. The van der Waals surface area contributed by atoms with Gasteiger partial charge in [-0.25, -0.2) is 0 Å². The highest BCUT2D eigenvalue weighted by Crippen LogP contribution is 2.38. The van der Waals surface area contributed by atoms with Crippen LogP contribution in [-0.2, 0) is 6.42 Å². The van der Waals surface area contributed by atoms with Crippen molar-refractivity contribution < 1.29 is 18.1 Å². The van der Waals surface area contributed by atoms with E-state index in [-0.39, 0.29) is 11.8 Å². The molecule has 0 N–H and O–H groups in total. The van der Waals surface area contributed by atoms with Crippen LogP contribution in [0.1, 0.15) is 53.7 Å². The van der Waals surface area contributed by atoms with Crippen molar-refractivity contribution in [3.63, 3.8) is 0 Å². The molecule has 1 atom stereocenters. The maximum atomic E-state index is 12.9. The Morgan fingerprint density at radius 1 is 1.30 bits per heavy atom. The first-order chi connectivity index (χ1) is 13.1. The van der Waals surface area contributed by atoms with E-state index in [1.54, 1.807) is 29.2 Å². The molecule has 1 amide bonds. The minimum absolute atomic E-state index is 0.187. The van der Waals surface area contributed by atoms with Crippen molar-refractivity contribution in [2.75, 3.05) is 13.1 Å². The molecule has 27 heavy (non-hydrogen) atoms. The van der Waals surface area contributed by atoms with Crippen molar-refractivity contribution in [2.24, 2.45) is 5.92 Å². The monoisotopic (exact) mass is 393 g/mol. The normalized spacial score (nSPS) is 20.3. The lowest BCUT2D eigenvalue weighted by Crippen LogP contribution is -2.40. The number of thioether (sulfide) groups is 1. The van der Waals surface area contributed by atoms with Crippen molar-refractivity contribution in [1.82, 2.24) is 15.0 Å². The quantitative estimate of drug-likeness (QED) is 0.683. The number of hydrogen-bond acceptors (Lipinski definition) is 5. The predicted octanol–water partition coefficient (Wildman–Crippen LogP) is 4.36. The summed E-state index contributed by atoms with van der Waals surface area (Å²) < 4.78 is 30.9. The van der Waals surface area contributed by atoms with Crippen LogP contribution in [0, 0.1) is 5.92 Å². The van der Waals surface area contributed by atoms with Gasteiger partial charge in [0.1, 0.15) is 0 Å². The van der Waals surface area contributed by atoms with Crippen molar-refractivity contribution in [3.8, 4) is 0 Å². The Bertz CT molecular complexity index is 810. The summed E-state index contributed by atoms with van der Waals surface area (Å²) in [6.45, 7) is 1.22. The lowest BCUT2D eigenvalue weighted by molar-refractivity contribution is 0.0664. The van der Waals surface area contributed by atoms with Crippen LogP contribution in [0.15, 0.2) is 33.7 Å². The highest BCUT2D eigenvalue weighted by Gasteiger charge is 2.31. The first-order valence-corrected chi connectivity index (χ1v) is 10.1. The van der Waals surface area contributed by atoms with E-state index in [0.29, 0.717) is 53.5 Å². The molecule has 2 heterocycles. The first-order valence-electron chi connectivity index (χ1n) is 9.25. The van der Waals surface area contributed by atoms with Crippen LogP contribution in [0.3, 0.4) is 0 Å². The van der Waals surface area contributed by atoms with E-state index in [1.165, 1.54) is 0 Å². The van der Waals surface area contributed by atoms with E-state index in [1.807, 2.05) is 0 Å². The number of nitrogens with zero attached hydrogens (tertiary/aromatic N) is 3. The molecule has 0 bridgehead atoms. The van der Waals surface area contributed by atoms with E-state index < -0.39 is 5.76 Å². The van der Waals surface area contributed by atoms with Gasteiger partial charge in [-0.3, -0.25) is 4.79 Å². The third kappa shape index (κ3) is 4.48. The molecule has 1 aromatic carbocycles. The zero-order chi connectivity index (χ0) is 18.8. The minimum Gasteiger partial charge on any atom is -0.339 e.